The predicted octanol–water partition coefficient (Wildman–Crippen LogP) is 1.48. The Kier molecular flexibility index (Phi) is 3.87. The Balaban J connectivity index is 1.61. The zero-order valence-electron chi connectivity index (χ0n) is 11.9. The first-order chi connectivity index (χ1) is 9.74. The highest BCUT2D eigenvalue weighted by atomic mass is 16.1. The van der Waals surface area contributed by atoms with Gasteiger partial charge in [0.1, 0.15) is 5.82 Å². The Morgan fingerprint density at radius 2 is 2.15 bits per heavy atom. The maximum Gasteiger partial charge on any atom is 0.229 e. The zero-order chi connectivity index (χ0) is 13.9. The van der Waals surface area contributed by atoms with E-state index in [0.29, 0.717) is 5.92 Å². The molecule has 0 aromatic carbocycles. The van der Waals surface area contributed by atoms with Gasteiger partial charge in [0.2, 0.25) is 5.91 Å². The summed E-state index contributed by atoms with van der Waals surface area (Å²) in [7, 11) is 0. The molecule has 2 unspecified atom stereocenters. The standard InChI is InChI=1S/C15H22N4O/c1-11-8-16-10-13(11)15(20)18-12-4-5-14(17-9-12)19-6-2-3-7-19/h4-5,9,11,13,16H,2-3,6-8,10H2,1H3,(H,18,20). The summed E-state index contributed by atoms with van der Waals surface area (Å²) < 4.78 is 0. The molecule has 0 saturated carbocycles. The Morgan fingerprint density at radius 1 is 1.35 bits per heavy atom. The molecule has 5 heteroatoms. The molecule has 2 atom stereocenters. The molecule has 2 N–H and O–H groups in total. The van der Waals surface area contributed by atoms with Crippen LogP contribution in [-0.2, 0) is 4.79 Å². The van der Waals surface area contributed by atoms with Crippen molar-refractivity contribution < 1.29 is 4.79 Å². The summed E-state index contributed by atoms with van der Waals surface area (Å²) in [5.74, 6) is 1.56. The van der Waals surface area contributed by atoms with E-state index in [1.54, 1.807) is 6.20 Å². The second-order valence-corrected chi connectivity index (χ2v) is 5.83. The van der Waals surface area contributed by atoms with E-state index in [1.807, 2.05) is 12.1 Å². The first-order valence-electron chi connectivity index (χ1n) is 7.46. The van der Waals surface area contributed by atoms with Crippen LogP contribution in [-0.4, -0.2) is 37.1 Å². The Hall–Kier alpha value is -1.62. The van der Waals surface area contributed by atoms with Crippen molar-refractivity contribution in [3.63, 3.8) is 0 Å². The van der Waals surface area contributed by atoms with Crippen molar-refractivity contribution in [1.29, 1.82) is 0 Å². The lowest BCUT2D eigenvalue weighted by Gasteiger charge is -2.17. The minimum atomic E-state index is 0.0632. The van der Waals surface area contributed by atoms with Crippen LogP contribution in [0.1, 0.15) is 19.8 Å². The van der Waals surface area contributed by atoms with Gasteiger partial charge in [-0.05, 0) is 37.4 Å². The first-order valence-corrected chi connectivity index (χ1v) is 7.46. The summed E-state index contributed by atoms with van der Waals surface area (Å²) >= 11 is 0. The molecule has 2 fully saturated rings. The Bertz CT molecular complexity index is 467. The van der Waals surface area contributed by atoms with E-state index in [1.165, 1.54) is 12.8 Å². The molecule has 5 nitrogen and oxygen atoms in total. The van der Waals surface area contributed by atoms with Crippen molar-refractivity contribution in [3.8, 4) is 0 Å². The van der Waals surface area contributed by atoms with Crippen molar-refractivity contribution in [2.75, 3.05) is 36.4 Å². The van der Waals surface area contributed by atoms with Gasteiger partial charge in [0.05, 0.1) is 17.8 Å². The van der Waals surface area contributed by atoms with Crippen molar-refractivity contribution in [3.05, 3.63) is 18.3 Å². The van der Waals surface area contributed by atoms with Gasteiger partial charge in [0.15, 0.2) is 0 Å². The minimum Gasteiger partial charge on any atom is -0.357 e. The van der Waals surface area contributed by atoms with Gasteiger partial charge in [0.25, 0.3) is 0 Å². The smallest absolute Gasteiger partial charge is 0.229 e. The van der Waals surface area contributed by atoms with Crippen LogP contribution in [0.25, 0.3) is 0 Å². The van der Waals surface area contributed by atoms with Crippen LogP contribution in [0.2, 0.25) is 0 Å². The third-order valence-electron chi connectivity index (χ3n) is 4.30. The van der Waals surface area contributed by atoms with Gasteiger partial charge in [-0.1, -0.05) is 6.92 Å². The number of rotatable bonds is 3. The van der Waals surface area contributed by atoms with Crippen LogP contribution in [0.5, 0.6) is 0 Å². The molecule has 1 aromatic heterocycles. The molecule has 0 bridgehead atoms. The molecule has 2 aliphatic heterocycles. The molecule has 108 valence electrons. The summed E-state index contributed by atoms with van der Waals surface area (Å²) in [6.45, 7) is 5.98. The fourth-order valence-electron chi connectivity index (χ4n) is 2.99. The largest absolute Gasteiger partial charge is 0.357 e. The van der Waals surface area contributed by atoms with Crippen LogP contribution in [0, 0.1) is 11.8 Å². The lowest BCUT2D eigenvalue weighted by atomic mass is 9.97. The molecule has 0 aliphatic carbocycles. The van der Waals surface area contributed by atoms with Crippen LogP contribution in [0.4, 0.5) is 11.5 Å². The van der Waals surface area contributed by atoms with Gasteiger partial charge in [-0.15, -0.1) is 0 Å². The number of carbonyl (C=O) groups excluding carboxylic acids is 1. The molecule has 0 spiro atoms. The second kappa shape index (κ2) is 5.79. The number of nitrogens with zero attached hydrogens (tertiary/aromatic N) is 2. The summed E-state index contributed by atoms with van der Waals surface area (Å²) in [6, 6.07) is 3.95. The average molecular weight is 274 g/mol. The van der Waals surface area contributed by atoms with Crippen LogP contribution >= 0.6 is 0 Å². The summed E-state index contributed by atoms with van der Waals surface area (Å²) in [4.78, 5) is 18.9. The molecular formula is C15H22N4O. The SMILES string of the molecule is CC1CNCC1C(=O)Nc1ccc(N2CCCC2)nc1. The number of anilines is 2. The number of nitrogens with one attached hydrogen (secondary N) is 2. The van der Waals surface area contributed by atoms with Crippen LogP contribution in [0.3, 0.4) is 0 Å². The van der Waals surface area contributed by atoms with Crippen LogP contribution < -0.4 is 15.5 Å². The lowest BCUT2D eigenvalue weighted by molar-refractivity contribution is -0.120. The van der Waals surface area contributed by atoms with Gasteiger partial charge < -0.3 is 15.5 Å². The van der Waals surface area contributed by atoms with Gasteiger partial charge in [0, 0.05) is 19.6 Å². The lowest BCUT2D eigenvalue weighted by Crippen LogP contribution is -2.28. The van der Waals surface area contributed by atoms with Crippen molar-refractivity contribution in [1.82, 2.24) is 10.3 Å². The Labute approximate surface area is 119 Å². The van der Waals surface area contributed by atoms with Gasteiger partial charge in [-0.2, -0.15) is 0 Å². The second-order valence-electron chi connectivity index (χ2n) is 5.83. The molecule has 0 radical (unpaired) electrons. The van der Waals surface area contributed by atoms with Gasteiger partial charge >= 0.3 is 0 Å². The Morgan fingerprint density at radius 3 is 2.75 bits per heavy atom. The van der Waals surface area contributed by atoms with Gasteiger partial charge in [-0.3, -0.25) is 4.79 Å². The van der Waals surface area contributed by atoms with Crippen molar-refractivity contribution in [2.45, 2.75) is 19.8 Å². The monoisotopic (exact) mass is 274 g/mol. The quantitative estimate of drug-likeness (QED) is 0.876. The highest BCUT2D eigenvalue weighted by molar-refractivity contribution is 5.93. The average Bonchev–Trinajstić information content (AvgIpc) is 3.10. The minimum absolute atomic E-state index is 0.0632. The first kappa shape index (κ1) is 13.4. The molecule has 3 rings (SSSR count). The van der Waals surface area contributed by atoms with Crippen molar-refractivity contribution in [2.24, 2.45) is 11.8 Å². The molecule has 3 heterocycles. The molecule has 2 saturated heterocycles. The maximum atomic E-state index is 12.2. The summed E-state index contributed by atoms with van der Waals surface area (Å²) in [6.07, 6.45) is 4.25. The number of aromatic nitrogens is 1. The summed E-state index contributed by atoms with van der Waals surface area (Å²) in [5.41, 5.74) is 0.789. The van der Waals surface area contributed by atoms with Crippen LogP contribution in [0.15, 0.2) is 18.3 Å². The molecule has 1 aromatic rings. The highest BCUT2D eigenvalue weighted by Gasteiger charge is 2.29. The fraction of sp³-hybridized carbons (Fsp3) is 0.600. The van der Waals surface area contributed by atoms with Crippen molar-refractivity contribution >= 4 is 17.4 Å². The topological polar surface area (TPSA) is 57.3 Å². The van der Waals surface area contributed by atoms with Gasteiger partial charge in [-0.25, -0.2) is 4.98 Å². The zero-order valence-corrected chi connectivity index (χ0v) is 11.9. The number of hydrogen-bond donors (Lipinski definition) is 2. The fourth-order valence-corrected chi connectivity index (χ4v) is 2.99. The third kappa shape index (κ3) is 2.77. The molecule has 1 amide bonds. The van der Waals surface area contributed by atoms with E-state index < -0.39 is 0 Å². The van der Waals surface area contributed by atoms with E-state index >= 15 is 0 Å². The van der Waals surface area contributed by atoms with E-state index in [-0.39, 0.29) is 11.8 Å². The van der Waals surface area contributed by atoms with E-state index in [4.69, 9.17) is 0 Å². The number of hydrogen-bond acceptors (Lipinski definition) is 4. The number of amides is 1. The highest BCUT2D eigenvalue weighted by Crippen LogP contribution is 2.21. The summed E-state index contributed by atoms with van der Waals surface area (Å²) in [5, 5.41) is 6.22. The number of carbonyl (C=O) groups is 1. The number of pyridine rings is 1. The molecule has 2 aliphatic rings. The van der Waals surface area contributed by atoms with E-state index in [2.05, 4.69) is 27.4 Å². The predicted molar refractivity (Wildman–Crippen MR) is 79.8 cm³/mol. The molecular weight excluding hydrogens is 252 g/mol. The van der Waals surface area contributed by atoms with E-state index in [9.17, 15) is 4.79 Å². The maximum absolute atomic E-state index is 12.2. The normalized spacial score (nSPS) is 25.9. The van der Waals surface area contributed by atoms with E-state index in [0.717, 1.165) is 37.7 Å². The third-order valence-corrected chi connectivity index (χ3v) is 4.30. The molecule has 20 heavy (non-hydrogen) atoms.